The summed E-state index contributed by atoms with van der Waals surface area (Å²) >= 11 is 0. The molecule has 0 amide bonds. The van der Waals surface area contributed by atoms with E-state index in [4.69, 9.17) is 10.00 Å². The minimum Gasteiger partial charge on any atom is -0.424 e. The Kier molecular flexibility index (Phi) is 4.30. The summed E-state index contributed by atoms with van der Waals surface area (Å²) in [5, 5.41) is 9.08. The number of ether oxygens (including phenoxy) is 1. The van der Waals surface area contributed by atoms with E-state index in [2.05, 4.69) is 9.97 Å². The topological polar surface area (TPSA) is 79.1 Å². The second-order valence-electron chi connectivity index (χ2n) is 5.87. The molecule has 2 heterocycles. The lowest BCUT2D eigenvalue weighted by Gasteiger charge is -2.20. The fourth-order valence-corrected chi connectivity index (χ4v) is 2.96. The lowest BCUT2D eigenvalue weighted by Crippen LogP contribution is -2.36. The minimum atomic E-state index is -4.49. The number of halogens is 3. The number of benzene rings is 1. The molecule has 1 aliphatic rings. The van der Waals surface area contributed by atoms with Gasteiger partial charge in [-0.2, -0.15) is 18.4 Å². The number of carbonyl (C=O) groups excluding carboxylic acids is 1. The first kappa shape index (κ1) is 17.1. The molecule has 1 aliphatic heterocycles. The fraction of sp³-hybridized carbons (Fsp3) is 0.375. The molecule has 2 unspecified atom stereocenters. The van der Waals surface area contributed by atoms with Gasteiger partial charge in [-0.1, -0.05) is 0 Å². The van der Waals surface area contributed by atoms with Crippen molar-refractivity contribution >= 4 is 17.0 Å². The normalized spacial score (nSPS) is 21.2. The molecule has 25 heavy (non-hydrogen) atoms. The molecule has 3 rings (SSSR count). The van der Waals surface area contributed by atoms with Gasteiger partial charge in [0.1, 0.15) is 17.1 Å². The van der Waals surface area contributed by atoms with Crippen LogP contribution in [0.1, 0.15) is 5.56 Å². The number of alkyl halides is 3. The van der Waals surface area contributed by atoms with Crippen LogP contribution in [-0.4, -0.2) is 47.2 Å². The Hall–Kier alpha value is -2.73. The molecule has 0 aliphatic carbocycles. The highest BCUT2D eigenvalue weighted by Gasteiger charge is 2.52. The van der Waals surface area contributed by atoms with Gasteiger partial charge in [-0.3, -0.25) is 9.78 Å². The molecule has 6 nitrogen and oxygen atoms in total. The third-order valence-electron chi connectivity index (χ3n) is 4.14. The first-order valence-corrected chi connectivity index (χ1v) is 7.42. The zero-order chi connectivity index (χ0) is 18.2. The third-order valence-corrected chi connectivity index (χ3v) is 4.14. The molecule has 1 saturated heterocycles. The smallest absolute Gasteiger partial charge is 0.393 e. The van der Waals surface area contributed by atoms with E-state index in [1.54, 1.807) is 0 Å². The predicted molar refractivity (Wildman–Crippen MR) is 80.4 cm³/mol. The number of esters is 1. The molecule has 1 aromatic heterocycles. The zero-order valence-corrected chi connectivity index (χ0v) is 13.1. The number of nitriles is 1. The fourth-order valence-electron chi connectivity index (χ4n) is 2.96. The monoisotopic (exact) mass is 350 g/mol. The maximum absolute atomic E-state index is 13.1. The maximum atomic E-state index is 13.1. The molecule has 9 heteroatoms. The van der Waals surface area contributed by atoms with Crippen molar-refractivity contribution in [3.05, 3.63) is 30.1 Å². The molecular weight excluding hydrogens is 337 g/mol. The Balaban J connectivity index is 1.91. The van der Waals surface area contributed by atoms with Gasteiger partial charge in [0.25, 0.3) is 0 Å². The van der Waals surface area contributed by atoms with E-state index in [1.807, 2.05) is 6.07 Å². The van der Waals surface area contributed by atoms with Gasteiger partial charge in [0, 0.05) is 25.5 Å². The predicted octanol–water partition coefficient (Wildman–Crippen LogP) is 2.15. The molecule has 0 N–H and O–H groups in total. The van der Waals surface area contributed by atoms with Crippen molar-refractivity contribution in [1.82, 2.24) is 14.9 Å². The van der Waals surface area contributed by atoms with Gasteiger partial charge >= 0.3 is 12.1 Å². The summed E-state index contributed by atoms with van der Waals surface area (Å²) in [7, 11) is 1.52. The van der Waals surface area contributed by atoms with Crippen LogP contribution < -0.4 is 4.74 Å². The average molecular weight is 350 g/mol. The number of carbonyl (C=O) groups is 1. The van der Waals surface area contributed by atoms with Crippen molar-refractivity contribution in [2.45, 2.75) is 6.18 Å². The zero-order valence-electron chi connectivity index (χ0n) is 13.1. The van der Waals surface area contributed by atoms with Crippen molar-refractivity contribution in [2.75, 3.05) is 20.1 Å². The van der Waals surface area contributed by atoms with Crippen LogP contribution in [0.2, 0.25) is 0 Å². The Bertz CT molecular complexity index is 863. The van der Waals surface area contributed by atoms with Crippen molar-refractivity contribution < 1.29 is 22.7 Å². The van der Waals surface area contributed by atoms with E-state index in [0.717, 1.165) is 0 Å². The molecule has 2 atom stereocenters. The first-order chi connectivity index (χ1) is 11.8. The molecule has 2 aromatic rings. The lowest BCUT2D eigenvalue weighted by molar-refractivity contribution is -0.187. The van der Waals surface area contributed by atoms with Gasteiger partial charge in [0.15, 0.2) is 5.75 Å². The van der Waals surface area contributed by atoms with Crippen LogP contribution >= 0.6 is 0 Å². The number of rotatable bonds is 2. The second kappa shape index (κ2) is 6.29. The largest absolute Gasteiger partial charge is 0.424 e. The van der Waals surface area contributed by atoms with E-state index >= 15 is 0 Å². The van der Waals surface area contributed by atoms with E-state index < -0.39 is 24.0 Å². The lowest BCUT2D eigenvalue weighted by atomic mass is 9.96. The quantitative estimate of drug-likeness (QED) is 0.610. The highest BCUT2D eigenvalue weighted by molar-refractivity contribution is 5.88. The summed E-state index contributed by atoms with van der Waals surface area (Å²) in [5.41, 5.74) is 0.618. The van der Waals surface area contributed by atoms with Crippen LogP contribution in [0.5, 0.6) is 5.75 Å². The number of fused-ring (bicyclic) bond motifs is 1. The van der Waals surface area contributed by atoms with Crippen molar-refractivity contribution in [1.29, 1.82) is 5.26 Å². The molecule has 0 spiro atoms. The molecular formula is C16H13F3N4O2. The number of likely N-dealkylation sites (tertiary alicyclic amines) is 1. The van der Waals surface area contributed by atoms with E-state index in [1.165, 1.54) is 36.5 Å². The summed E-state index contributed by atoms with van der Waals surface area (Å²) in [4.78, 5) is 21.8. The molecule has 0 bridgehead atoms. The van der Waals surface area contributed by atoms with Crippen LogP contribution in [0.25, 0.3) is 11.0 Å². The summed E-state index contributed by atoms with van der Waals surface area (Å²) in [5.74, 6) is -4.07. The third kappa shape index (κ3) is 3.25. The second-order valence-corrected chi connectivity index (χ2v) is 5.87. The summed E-state index contributed by atoms with van der Waals surface area (Å²) < 4.78 is 44.6. The summed E-state index contributed by atoms with van der Waals surface area (Å²) in [6.45, 7) is -0.292. The van der Waals surface area contributed by atoms with Gasteiger partial charge in [-0.25, -0.2) is 4.98 Å². The number of hydrogen-bond acceptors (Lipinski definition) is 6. The van der Waals surface area contributed by atoms with Gasteiger partial charge in [0.05, 0.1) is 17.4 Å². The molecule has 0 saturated carbocycles. The van der Waals surface area contributed by atoms with Crippen LogP contribution in [-0.2, 0) is 4.79 Å². The number of aromatic nitrogens is 2. The Morgan fingerprint density at radius 3 is 2.60 bits per heavy atom. The first-order valence-electron chi connectivity index (χ1n) is 7.42. The molecule has 1 fully saturated rings. The maximum Gasteiger partial charge on any atom is 0.393 e. The summed E-state index contributed by atoms with van der Waals surface area (Å²) in [6, 6.07) is 4.67. The van der Waals surface area contributed by atoms with Crippen LogP contribution in [0.3, 0.4) is 0 Å². The van der Waals surface area contributed by atoms with E-state index in [9.17, 15) is 18.0 Å². The summed E-state index contributed by atoms with van der Waals surface area (Å²) in [6.07, 6.45) is -1.76. The van der Waals surface area contributed by atoms with Gasteiger partial charge in [-0.05, 0) is 19.2 Å². The Labute approximate surface area is 140 Å². The number of hydrogen-bond donors (Lipinski definition) is 0. The van der Waals surface area contributed by atoms with Crippen LogP contribution in [0.15, 0.2) is 24.5 Å². The Morgan fingerprint density at radius 1 is 1.28 bits per heavy atom. The minimum absolute atomic E-state index is 0.0115. The number of nitrogens with zero attached hydrogens (tertiary/aromatic N) is 4. The van der Waals surface area contributed by atoms with E-state index in [0.29, 0.717) is 0 Å². The van der Waals surface area contributed by atoms with Crippen molar-refractivity contribution in [3.8, 4) is 11.8 Å². The van der Waals surface area contributed by atoms with Crippen molar-refractivity contribution in [3.63, 3.8) is 0 Å². The van der Waals surface area contributed by atoms with Crippen LogP contribution in [0, 0.1) is 23.2 Å². The highest BCUT2D eigenvalue weighted by atomic mass is 19.4. The molecule has 1 aromatic carbocycles. The van der Waals surface area contributed by atoms with Crippen molar-refractivity contribution in [2.24, 2.45) is 11.8 Å². The molecule has 0 radical (unpaired) electrons. The highest BCUT2D eigenvalue weighted by Crippen LogP contribution is 2.38. The SMILES string of the molecule is CN1CC(C(=O)Oc2ccc(C#N)c3nccnc23)C(C(F)(F)F)C1. The van der Waals surface area contributed by atoms with Gasteiger partial charge < -0.3 is 9.64 Å². The Morgan fingerprint density at radius 2 is 1.96 bits per heavy atom. The van der Waals surface area contributed by atoms with E-state index in [-0.39, 0.29) is 35.4 Å². The van der Waals surface area contributed by atoms with Gasteiger partial charge in [0.2, 0.25) is 0 Å². The van der Waals surface area contributed by atoms with Crippen LogP contribution in [0.4, 0.5) is 13.2 Å². The van der Waals surface area contributed by atoms with Gasteiger partial charge in [-0.15, -0.1) is 0 Å². The average Bonchev–Trinajstić information content (AvgIpc) is 2.97. The molecule has 130 valence electrons. The standard InChI is InChI=1S/C16H13F3N4O2/c1-23-7-10(11(8-23)16(17,18)19)15(24)25-12-3-2-9(6-20)13-14(12)22-5-4-21-13/h2-5,10-11H,7-8H2,1H3.